The van der Waals surface area contributed by atoms with Crippen LogP contribution in [0.3, 0.4) is 0 Å². The number of likely N-dealkylation sites (N-methyl/N-ethyl adjacent to an activating group) is 1. The van der Waals surface area contributed by atoms with Crippen LogP contribution in [0.15, 0.2) is 35.4 Å². The molecule has 8 heteroatoms. The first-order valence-corrected chi connectivity index (χ1v) is 12.8. The summed E-state index contributed by atoms with van der Waals surface area (Å²) in [5.74, 6) is -0.0712. The first-order valence-electron chi connectivity index (χ1n) is 11.4. The zero-order valence-corrected chi connectivity index (χ0v) is 21.7. The summed E-state index contributed by atoms with van der Waals surface area (Å²) in [5.41, 5.74) is 3.52. The Bertz CT molecular complexity index is 1090. The number of benzene rings is 1. The first-order chi connectivity index (χ1) is 15.3. The molecule has 0 radical (unpaired) electrons. The number of fused-ring (bicyclic) bond motifs is 1. The van der Waals surface area contributed by atoms with Crippen LogP contribution in [-0.4, -0.2) is 61.4 Å². The quantitative estimate of drug-likeness (QED) is 0.573. The van der Waals surface area contributed by atoms with Crippen LogP contribution in [0.25, 0.3) is 0 Å². The Labute approximate surface area is 198 Å². The van der Waals surface area contributed by atoms with Crippen molar-refractivity contribution in [1.82, 2.24) is 13.8 Å². The van der Waals surface area contributed by atoms with Crippen molar-refractivity contribution in [2.75, 3.05) is 33.4 Å². The van der Waals surface area contributed by atoms with Gasteiger partial charge >= 0.3 is 0 Å². The third kappa shape index (κ3) is 5.34. The third-order valence-electron chi connectivity index (χ3n) is 6.23. The number of ether oxygens (including phenoxy) is 1. The molecule has 0 saturated heterocycles. The minimum Gasteiger partial charge on any atom is -0.370 e. The second-order valence-corrected chi connectivity index (χ2v) is 12.1. The van der Waals surface area contributed by atoms with Crippen molar-refractivity contribution in [3.63, 3.8) is 0 Å². The highest BCUT2D eigenvalue weighted by Gasteiger charge is 2.38. The van der Waals surface area contributed by atoms with Crippen molar-refractivity contribution < 1.29 is 17.9 Å². The summed E-state index contributed by atoms with van der Waals surface area (Å²) >= 11 is 0. The van der Waals surface area contributed by atoms with E-state index in [0.29, 0.717) is 11.4 Å². The molecule has 1 aromatic heterocycles. The van der Waals surface area contributed by atoms with Gasteiger partial charge in [-0.2, -0.15) is 4.31 Å². The average molecular weight is 476 g/mol. The highest BCUT2D eigenvalue weighted by Crippen LogP contribution is 2.40. The van der Waals surface area contributed by atoms with Crippen molar-refractivity contribution in [2.45, 2.75) is 59.0 Å². The van der Waals surface area contributed by atoms with Gasteiger partial charge in [0, 0.05) is 38.6 Å². The van der Waals surface area contributed by atoms with Gasteiger partial charge in [0.2, 0.25) is 15.9 Å². The number of carbonyl (C=O) groups excluding carboxylic acids is 1. The van der Waals surface area contributed by atoms with Crippen LogP contribution in [0.2, 0.25) is 0 Å². The summed E-state index contributed by atoms with van der Waals surface area (Å²) in [4.78, 5) is 15.3. The summed E-state index contributed by atoms with van der Waals surface area (Å²) in [5, 5.41) is 0. The minimum absolute atomic E-state index is 0.0344. The Kier molecular flexibility index (Phi) is 7.41. The van der Waals surface area contributed by atoms with Gasteiger partial charge in [-0.15, -0.1) is 0 Å². The predicted molar refractivity (Wildman–Crippen MR) is 130 cm³/mol. The molecule has 1 atom stereocenters. The van der Waals surface area contributed by atoms with Crippen LogP contribution in [0.1, 0.15) is 49.2 Å². The van der Waals surface area contributed by atoms with E-state index in [1.54, 1.807) is 7.05 Å². The van der Waals surface area contributed by atoms with Crippen LogP contribution >= 0.6 is 0 Å². The van der Waals surface area contributed by atoms with E-state index >= 15 is 0 Å². The maximum Gasteiger partial charge on any atom is 0.249 e. The molecule has 0 bridgehead atoms. The topological polar surface area (TPSA) is 71.8 Å². The first kappa shape index (κ1) is 25.5. The third-order valence-corrected chi connectivity index (χ3v) is 8.39. The Morgan fingerprint density at radius 2 is 1.79 bits per heavy atom. The molecule has 1 aromatic carbocycles. The SMILES string of the molecule is Cc1cc(C)c(S(=O)(=O)N(C)CCOCC(=O)N2CCn3cccc3C2C(C)(C)C)c(C)c1. The van der Waals surface area contributed by atoms with E-state index < -0.39 is 10.0 Å². The molecule has 7 nitrogen and oxygen atoms in total. The fourth-order valence-corrected chi connectivity index (χ4v) is 6.41. The second kappa shape index (κ2) is 9.60. The lowest BCUT2D eigenvalue weighted by Gasteiger charge is -2.44. The van der Waals surface area contributed by atoms with Crippen LogP contribution in [0.5, 0.6) is 0 Å². The molecular formula is C25H37N3O4S. The molecular weight excluding hydrogens is 438 g/mol. The van der Waals surface area contributed by atoms with Crippen molar-refractivity contribution in [3.05, 3.63) is 52.8 Å². The van der Waals surface area contributed by atoms with Crippen molar-refractivity contribution in [1.29, 1.82) is 0 Å². The van der Waals surface area contributed by atoms with Gasteiger partial charge in [0.05, 0.1) is 17.5 Å². The van der Waals surface area contributed by atoms with Gasteiger partial charge in [-0.3, -0.25) is 4.79 Å². The Hall–Kier alpha value is -2.16. The number of aryl methyl sites for hydroxylation is 3. The monoisotopic (exact) mass is 475 g/mol. The lowest BCUT2D eigenvalue weighted by molar-refractivity contribution is -0.142. The zero-order valence-electron chi connectivity index (χ0n) is 20.9. The summed E-state index contributed by atoms with van der Waals surface area (Å²) in [6.07, 6.45) is 2.06. The summed E-state index contributed by atoms with van der Waals surface area (Å²) < 4.78 is 35.4. The van der Waals surface area contributed by atoms with Crippen molar-refractivity contribution >= 4 is 15.9 Å². The maximum atomic E-state index is 13.1. The molecule has 3 rings (SSSR count). The number of rotatable bonds is 7. The van der Waals surface area contributed by atoms with Gasteiger partial charge in [-0.1, -0.05) is 38.5 Å². The molecule has 1 unspecified atom stereocenters. The summed E-state index contributed by atoms with van der Waals surface area (Å²) in [7, 11) is -2.09. The Balaban J connectivity index is 1.60. The molecule has 0 saturated carbocycles. The molecule has 0 aliphatic carbocycles. The van der Waals surface area contributed by atoms with E-state index in [1.165, 1.54) is 4.31 Å². The summed E-state index contributed by atoms with van der Waals surface area (Å²) in [6.45, 7) is 13.6. The number of nitrogens with zero attached hydrogens (tertiary/aromatic N) is 3. The molecule has 0 fully saturated rings. The maximum absolute atomic E-state index is 13.1. The largest absolute Gasteiger partial charge is 0.370 e. The van der Waals surface area contributed by atoms with Crippen LogP contribution < -0.4 is 0 Å². The second-order valence-electron chi connectivity index (χ2n) is 10.1. The van der Waals surface area contributed by atoms with Gasteiger partial charge in [0.1, 0.15) is 6.61 Å². The number of carbonyl (C=O) groups is 1. The van der Waals surface area contributed by atoms with Crippen LogP contribution in [0.4, 0.5) is 0 Å². The molecule has 1 aliphatic rings. The molecule has 2 aromatic rings. The van der Waals surface area contributed by atoms with E-state index in [1.807, 2.05) is 43.9 Å². The van der Waals surface area contributed by atoms with E-state index in [-0.39, 0.29) is 37.1 Å². The van der Waals surface area contributed by atoms with E-state index in [2.05, 4.69) is 37.6 Å². The number of hydrogen-bond acceptors (Lipinski definition) is 4. The van der Waals surface area contributed by atoms with Crippen LogP contribution in [-0.2, 0) is 26.1 Å². The predicted octanol–water partition coefficient (Wildman–Crippen LogP) is 3.68. The minimum atomic E-state index is -3.64. The van der Waals surface area contributed by atoms with Gasteiger partial charge in [0.25, 0.3) is 0 Å². The Morgan fingerprint density at radius 1 is 1.15 bits per heavy atom. The molecule has 0 spiro atoms. The molecule has 1 amide bonds. The molecule has 0 N–H and O–H groups in total. The zero-order chi connectivity index (χ0) is 24.6. The molecule has 182 valence electrons. The number of aromatic nitrogens is 1. The highest BCUT2D eigenvalue weighted by molar-refractivity contribution is 7.89. The van der Waals surface area contributed by atoms with Gasteiger partial charge < -0.3 is 14.2 Å². The summed E-state index contributed by atoms with van der Waals surface area (Å²) in [6, 6.07) is 7.82. The molecule has 1 aliphatic heterocycles. The average Bonchev–Trinajstić information content (AvgIpc) is 3.16. The number of amides is 1. The smallest absolute Gasteiger partial charge is 0.249 e. The van der Waals surface area contributed by atoms with Gasteiger partial charge in [-0.25, -0.2) is 8.42 Å². The van der Waals surface area contributed by atoms with E-state index in [4.69, 9.17) is 4.74 Å². The molecule has 2 heterocycles. The van der Waals surface area contributed by atoms with Crippen molar-refractivity contribution in [3.8, 4) is 0 Å². The van der Waals surface area contributed by atoms with E-state index in [9.17, 15) is 13.2 Å². The fraction of sp³-hybridized carbons (Fsp3) is 0.560. The van der Waals surface area contributed by atoms with E-state index in [0.717, 1.165) is 28.9 Å². The highest BCUT2D eigenvalue weighted by atomic mass is 32.2. The fourth-order valence-electron chi connectivity index (χ4n) is 4.85. The Morgan fingerprint density at radius 3 is 2.39 bits per heavy atom. The number of hydrogen-bond donors (Lipinski definition) is 0. The van der Waals surface area contributed by atoms with Crippen molar-refractivity contribution in [2.24, 2.45) is 5.41 Å². The van der Waals surface area contributed by atoms with Gasteiger partial charge in [-0.05, 0) is 49.4 Å². The normalized spacial score (nSPS) is 16.8. The van der Waals surface area contributed by atoms with Gasteiger partial charge in [0.15, 0.2) is 0 Å². The lowest BCUT2D eigenvalue weighted by Crippen LogP contribution is -2.48. The lowest BCUT2D eigenvalue weighted by atomic mass is 9.82. The molecule has 33 heavy (non-hydrogen) atoms. The standard InChI is InChI=1S/C25H37N3O4S/c1-18-15-19(2)23(20(3)16-18)33(30,31)26(7)13-14-32-17-22(29)28-12-11-27-10-8-9-21(27)24(28)25(4,5)6/h8-10,15-16,24H,11-14,17H2,1-7H3. The number of sulfonamides is 1. The van der Waals surface area contributed by atoms with Crippen LogP contribution in [0, 0.1) is 26.2 Å².